The molecule has 2 rings (SSSR count). The Morgan fingerprint density at radius 3 is 2.36 bits per heavy atom. The lowest BCUT2D eigenvalue weighted by Crippen LogP contribution is -2.34. The Morgan fingerprint density at radius 2 is 1.84 bits per heavy atom. The second-order valence-electron chi connectivity index (χ2n) is 5.79. The minimum absolute atomic E-state index is 0.0817. The molecule has 132 valence electrons. The number of anilines is 1. The summed E-state index contributed by atoms with van der Waals surface area (Å²) >= 11 is 1.05. The average molecular weight is 361 g/mol. The van der Waals surface area contributed by atoms with E-state index >= 15 is 0 Å². The number of para-hydroxylation sites is 1. The van der Waals surface area contributed by atoms with Crippen LogP contribution in [0, 0.1) is 30.9 Å². The molecular formula is C17H19N3O4S. The van der Waals surface area contributed by atoms with Crippen molar-refractivity contribution in [3.05, 3.63) is 55.3 Å². The fourth-order valence-electron chi connectivity index (χ4n) is 2.43. The Kier molecular flexibility index (Phi) is 5.53. The number of amides is 2. The van der Waals surface area contributed by atoms with E-state index in [1.165, 1.54) is 18.0 Å². The van der Waals surface area contributed by atoms with E-state index in [0.29, 0.717) is 4.88 Å². The topological polar surface area (TPSA) is 92.6 Å². The molecule has 1 aromatic carbocycles. The van der Waals surface area contributed by atoms with Crippen LogP contribution in [0.3, 0.4) is 0 Å². The first-order valence-corrected chi connectivity index (χ1v) is 8.38. The molecule has 7 nitrogen and oxygen atoms in total. The minimum Gasteiger partial charge on any atom is -0.332 e. The van der Waals surface area contributed by atoms with E-state index in [-0.39, 0.29) is 23.0 Å². The van der Waals surface area contributed by atoms with Gasteiger partial charge in [0.2, 0.25) is 5.91 Å². The average Bonchev–Trinajstić information content (AvgIpc) is 2.92. The Balaban J connectivity index is 2.07. The number of benzene rings is 1. The summed E-state index contributed by atoms with van der Waals surface area (Å²) < 4.78 is 0. The van der Waals surface area contributed by atoms with E-state index < -0.39 is 10.8 Å². The zero-order valence-electron chi connectivity index (χ0n) is 14.5. The number of aryl methyl sites for hydroxylation is 3. The summed E-state index contributed by atoms with van der Waals surface area (Å²) in [5.74, 6) is -0.742. The third kappa shape index (κ3) is 4.21. The van der Waals surface area contributed by atoms with Gasteiger partial charge in [0.15, 0.2) is 0 Å². The number of rotatable bonds is 5. The SMILES string of the molecule is Cc1cccc(C)c1NC(=O)CN(C)C(=O)c1cc([N+](=O)[O-])c(C)s1. The summed E-state index contributed by atoms with van der Waals surface area (Å²) in [5.41, 5.74) is 2.52. The molecule has 0 aliphatic rings. The van der Waals surface area contributed by atoms with Gasteiger partial charge in [0.05, 0.1) is 21.2 Å². The van der Waals surface area contributed by atoms with Gasteiger partial charge >= 0.3 is 0 Å². The molecule has 0 saturated carbocycles. The van der Waals surface area contributed by atoms with E-state index in [4.69, 9.17) is 0 Å². The lowest BCUT2D eigenvalue weighted by molar-refractivity contribution is -0.385. The molecule has 0 bridgehead atoms. The highest BCUT2D eigenvalue weighted by Gasteiger charge is 2.23. The number of carbonyl (C=O) groups is 2. The van der Waals surface area contributed by atoms with Gasteiger partial charge in [-0.2, -0.15) is 0 Å². The number of carbonyl (C=O) groups excluding carboxylic acids is 2. The second-order valence-corrected chi connectivity index (χ2v) is 7.04. The van der Waals surface area contributed by atoms with Crippen molar-refractivity contribution in [2.75, 3.05) is 18.9 Å². The Morgan fingerprint density at radius 1 is 1.24 bits per heavy atom. The number of thiophene rings is 1. The lowest BCUT2D eigenvalue weighted by Gasteiger charge is -2.17. The highest BCUT2D eigenvalue weighted by Crippen LogP contribution is 2.28. The van der Waals surface area contributed by atoms with Gasteiger partial charge in [0.1, 0.15) is 0 Å². The highest BCUT2D eigenvalue weighted by atomic mass is 32.1. The summed E-state index contributed by atoms with van der Waals surface area (Å²) in [6.07, 6.45) is 0. The highest BCUT2D eigenvalue weighted by molar-refractivity contribution is 7.14. The summed E-state index contributed by atoms with van der Waals surface area (Å²) in [5, 5.41) is 13.7. The first-order chi connectivity index (χ1) is 11.7. The number of hydrogen-bond acceptors (Lipinski definition) is 5. The third-order valence-corrected chi connectivity index (χ3v) is 4.80. The van der Waals surface area contributed by atoms with Gasteiger partial charge in [-0.25, -0.2) is 0 Å². The molecule has 1 heterocycles. The van der Waals surface area contributed by atoms with Gasteiger partial charge in [-0.3, -0.25) is 19.7 Å². The smallest absolute Gasteiger partial charge is 0.283 e. The lowest BCUT2D eigenvalue weighted by atomic mass is 10.1. The molecule has 1 N–H and O–H groups in total. The van der Waals surface area contributed by atoms with Gasteiger partial charge in [0, 0.05) is 18.8 Å². The standard InChI is InChI=1S/C17H19N3O4S/c1-10-6-5-7-11(2)16(10)18-15(21)9-19(4)17(22)14-8-13(20(23)24)12(3)25-14/h5-8H,9H2,1-4H3,(H,18,21). The third-order valence-electron chi connectivity index (χ3n) is 3.77. The molecule has 1 aromatic heterocycles. The van der Waals surface area contributed by atoms with Crippen molar-refractivity contribution in [3.63, 3.8) is 0 Å². The maximum Gasteiger partial charge on any atom is 0.283 e. The van der Waals surface area contributed by atoms with E-state index in [1.54, 1.807) is 6.92 Å². The fourth-order valence-corrected chi connectivity index (χ4v) is 3.41. The molecule has 0 atom stereocenters. The maximum atomic E-state index is 12.4. The van der Waals surface area contributed by atoms with Crippen molar-refractivity contribution >= 4 is 34.5 Å². The van der Waals surface area contributed by atoms with Gasteiger partial charge in [-0.1, -0.05) is 18.2 Å². The molecular weight excluding hydrogens is 342 g/mol. The monoisotopic (exact) mass is 361 g/mol. The summed E-state index contributed by atoms with van der Waals surface area (Å²) in [6, 6.07) is 6.94. The molecule has 0 aliphatic heterocycles. The van der Waals surface area contributed by atoms with Gasteiger partial charge in [-0.15, -0.1) is 11.3 Å². The molecule has 2 amide bonds. The van der Waals surface area contributed by atoms with Gasteiger partial charge in [0.25, 0.3) is 11.6 Å². The van der Waals surface area contributed by atoms with Crippen molar-refractivity contribution in [3.8, 4) is 0 Å². The van der Waals surface area contributed by atoms with Crippen molar-refractivity contribution in [2.45, 2.75) is 20.8 Å². The van der Waals surface area contributed by atoms with Gasteiger partial charge < -0.3 is 10.2 Å². The van der Waals surface area contributed by atoms with E-state index in [2.05, 4.69) is 5.32 Å². The summed E-state index contributed by atoms with van der Waals surface area (Å²) in [6.45, 7) is 5.24. The predicted molar refractivity (Wildman–Crippen MR) is 97.2 cm³/mol. The van der Waals surface area contributed by atoms with E-state index in [1.807, 2.05) is 32.0 Å². The van der Waals surface area contributed by atoms with Crippen molar-refractivity contribution in [2.24, 2.45) is 0 Å². The number of hydrogen-bond donors (Lipinski definition) is 1. The summed E-state index contributed by atoms with van der Waals surface area (Å²) in [7, 11) is 1.49. The number of nitrogens with zero attached hydrogens (tertiary/aromatic N) is 2. The first kappa shape index (κ1) is 18.6. The van der Waals surface area contributed by atoms with Crippen LogP contribution in [0.25, 0.3) is 0 Å². The molecule has 0 radical (unpaired) electrons. The van der Waals surface area contributed by atoms with Crippen LogP contribution < -0.4 is 5.32 Å². The largest absolute Gasteiger partial charge is 0.332 e. The molecule has 0 spiro atoms. The van der Waals surface area contributed by atoms with Crippen LogP contribution >= 0.6 is 11.3 Å². The van der Waals surface area contributed by atoms with Crippen LogP contribution in [0.2, 0.25) is 0 Å². The zero-order chi connectivity index (χ0) is 18.7. The minimum atomic E-state index is -0.518. The Labute approximate surface area is 149 Å². The molecule has 0 fully saturated rings. The number of nitrogens with one attached hydrogen (secondary N) is 1. The number of nitro groups is 1. The molecule has 8 heteroatoms. The van der Waals surface area contributed by atoms with Crippen molar-refractivity contribution in [1.29, 1.82) is 0 Å². The zero-order valence-corrected chi connectivity index (χ0v) is 15.3. The quantitative estimate of drug-likeness (QED) is 0.653. The van der Waals surface area contributed by atoms with Crippen molar-refractivity contribution < 1.29 is 14.5 Å². The maximum absolute atomic E-state index is 12.4. The van der Waals surface area contributed by atoms with E-state index in [0.717, 1.165) is 28.2 Å². The second kappa shape index (κ2) is 7.43. The molecule has 0 unspecified atom stereocenters. The van der Waals surface area contributed by atoms with Crippen LogP contribution in [0.15, 0.2) is 24.3 Å². The molecule has 2 aromatic rings. The normalized spacial score (nSPS) is 10.4. The van der Waals surface area contributed by atoms with Gasteiger partial charge in [-0.05, 0) is 31.9 Å². The van der Waals surface area contributed by atoms with Crippen LogP contribution in [-0.4, -0.2) is 35.2 Å². The fraction of sp³-hybridized carbons (Fsp3) is 0.294. The Bertz CT molecular complexity index is 824. The Hall–Kier alpha value is -2.74. The van der Waals surface area contributed by atoms with Crippen LogP contribution in [0.4, 0.5) is 11.4 Å². The van der Waals surface area contributed by atoms with Crippen LogP contribution in [-0.2, 0) is 4.79 Å². The van der Waals surface area contributed by atoms with Crippen LogP contribution in [0.5, 0.6) is 0 Å². The predicted octanol–water partition coefficient (Wildman–Crippen LogP) is 3.29. The molecule has 25 heavy (non-hydrogen) atoms. The van der Waals surface area contributed by atoms with Crippen molar-refractivity contribution in [1.82, 2.24) is 4.90 Å². The summed E-state index contributed by atoms with van der Waals surface area (Å²) in [4.78, 5) is 37.0. The first-order valence-electron chi connectivity index (χ1n) is 7.57. The van der Waals surface area contributed by atoms with E-state index in [9.17, 15) is 19.7 Å². The van der Waals surface area contributed by atoms with Crippen LogP contribution in [0.1, 0.15) is 25.7 Å². The molecule has 0 saturated heterocycles. The molecule has 0 aliphatic carbocycles. The number of likely N-dealkylation sites (N-methyl/N-ethyl adjacent to an activating group) is 1.